The minimum Gasteiger partial charge on any atom is -0.504 e. The zero-order valence-electron chi connectivity index (χ0n) is 27.1. The van der Waals surface area contributed by atoms with Crippen LogP contribution in [0.2, 0.25) is 0 Å². The first-order chi connectivity index (χ1) is 22.2. The molecule has 248 valence electrons. The van der Waals surface area contributed by atoms with E-state index < -0.39 is 69.4 Å². The number of ketones is 1. The average molecular weight is 645 g/mol. The number of fused-ring (bicyclic) bond motifs is 2. The van der Waals surface area contributed by atoms with Crippen molar-refractivity contribution in [1.29, 1.82) is 0 Å². The van der Waals surface area contributed by atoms with Gasteiger partial charge in [0.05, 0.1) is 25.6 Å². The molecule has 2 bridgehead atoms. The molecule has 8 atom stereocenters. The van der Waals surface area contributed by atoms with E-state index >= 15 is 0 Å². The molecular formula is C37H40O10. The van der Waals surface area contributed by atoms with Crippen LogP contribution in [-0.4, -0.2) is 69.3 Å². The number of benzene rings is 2. The molecule has 5 aliphatic rings. The summed E-state index contributed by atoms with van der Waals surface area (Å²) in [7, 11) is 1.42. The fraction of sp³-hybridized carbons (Fsp3) is 0.486. The number of carbonyl (C=O) groups excluding carboxylic acids is 3. The molecule has 1 saturated heterocycles. The third-order valence-corrected chi connectivity index (χ3v) is 11.7. The van der Waals surface area contributed by atoms with Gasteiger partial charge in [-0.05, 0) is 41.3 Å². The van der Waals surface area contributed by atoms with Gasteiger partial charge in [0.2, 0.25) is 5.79 Å². The molecule has 0 amide bonds. The highest BCUT2D eigenvalue weighted by molar-refractivity contribution is 6.05. The second-order valence-electron chi connectivity index (χ2n) is 14.4. The highest BCUT2D eigenvalue weighted by atomic mass is 16.7. The van der Waals surface area contributed by atoms with Crippen LogP contribution in [0.4, 0.5) is 0 Å². The Bertz CT molecular complexity index is 1740. The predicted octanol–water partition coefficient (Wildman–Crippen LogP) is 3.60. The monoisotopic (exact) mass is 644 g/mol. The number of aromatic hydroxyl groups is 1. The minimum absolute atomic E-state index is 0.00497. The van der Waals surface area contributed by atoms with E-state index in [0.717, 1.165) is 5.56 Å². The highest BCUT2D eigenvalue weighted by Gasteiger charge is 2.97. The summed E-state index contributed by atoms with van der Waals surface area (Å²) < 4.78 is 24.0. The molecule has 0 radical (unpaired) electrons. The van der Waals surface area contributed by atoms with E-state index in [0.29, 0.717) is 16.7 Å². The summed E-state index contributed by atoms with van der Waals surface area (Å²) >= 11 is 0. The molecule has 47 heavy (non-hydrogen) atoms. The first-order valence-electron chi connectivity index (χ1n) is 16.0. The van der Waals surface area contributed by atoms with Crippen molar-refractivity contribution >= 4 is 17.7 Å². The van der Waals surface area contributed by atoms with Crippen LogP contribution in [0.5, 0.6) is 11.5 Å². The van der Waals surface area contributed by atoms with Gasteiger partial charge in [-0.3, -0.25) is 14.4 Å². The van der Waals surface area contributed by atoms with Crippen molar-refractivity contribution in [2.45, 2.75) is 69.5 Å². The molecule has 10 heteroatoms. The molecular weight excluding hydrogens is 604 g/mol. The molecule has 2 saturated carbocycles. The van der Waals surface area contributed by atoms with Gasteiger partial charge in [-0.15, -0.1) is 0 Å². The zero-order valence-corrected chi connectivity index (χ0v) is 27.1. The third-order valence-electron chi connectivity index (χ3n) is 11.7. The molecule has 2 aromatic rings. The molecule has 10 nitrogen and oxygen atoms in total. The third kappa shape index (κ3) is 3.98. The van der Waals surface area contributed by atoms with Crippen LogP contribution in [0.1, 0.15) is 45.2 Å². The van der Waals surface area contributed by atoms with Crippen LogP contribution < -0.4 is 4.74 Å². The normalized spacial score (nSPS) is 37.1. The minimum atomic E-state index is -1.92. The lowest BCUT2D eigenvalue weighted by atomic mass is 9.45. The molecule has 1 spiro atoms. The zero-order chi connectivity index (χ0) is 33.7. The molecule has 0 unspecified atom stereocenters. The second-order valence-corrected chi connectivity index (χ2v) is 14.4. The number of esters is 2. The number of Topliss-reactive ketones (excluding diaryl/α,β-unsaturated/α-hetero) is 1. The van der Waals surface area contributed by atoms with Crippen molar-refractivity contribution in [3.8, 4) is 11.5 Å². The van der Waals surface area contributed by atoms with Crippen molar-refractivity contribution in [3.63, 3.8) is 0 Å². The Hall–Kier alpha value is -3.99. The Morgan fingerprint density at radius 3 is 2.40 bits per heavy atom. The second kappa shape index (κ2) is 10.3. The predicted molar refractivity (Wildman–Crippen MR) is 167 cm³/mol. The molecule has 7 rings (SSSR count). The molecule has 2 aromatic carbocycles. The van der Waals surface area contributed by atoms with E-state index in [1.54, 1.807) is 25.1 Å². The maximum Gasteiger partial charge on any atom is 0.311 e. The van der Waals surface area contributed by atoms with E-state index in [4.69, 9.17) is 18.9 Å². The number of hydrogen-bond acceptors (Lipinski definition) is 10. The number of phenols is 1. The van der Waals surface area contributed by atoms with Crippen LogP contribution in [0.15, 0.2) is 71.8 Å². The summed E-state index contributed by atoms with van der Waals surface area (Å²) in [4.78, 5) is 40.2. The van der Waals surface area contributed by atoms with E-state index in [-0.39, 0.29) is 37.4 Å². The Morgan fingerprint density at radius 2 is 1.70 bits per heavy atom. The van der Waals surface area contributed by atoms with Gasteiger partial charge < -0.3 is 34.3 Å². The van der Waals surface area contributed by atoms with Crippen molar-refractivity contribution in [2.75, 3.05) is 13.7 Å². The Labute approximate surface area is 273 Å². The number of methoxy groups -OCH3 is 1. The van der Waals surface area contributed by atoms with Crippen molar-refractivity contribution < 1.29 is 48.7 Å². The fourth-order valence-corrected chi connectivity index (χ4v) is 9.77. The average Bonchev–Trinajstić information content (AvgIpc) is 3.40. The SMILES string of the molecule is COc1cc(CC(=O)OCC2=C[C@H]3[C@@H]4C(C)(C)[C@@]5(O)O[C@@]3([C@H](C)[C@]45OC(=O)Cc3ccccc3)[C@@H]3C=C(C)C(=O)[C@@]3(O)C2)ccc1O. The molecule has 1 aliphatic heterocycles. The summed E-state index contributed by atoms with van der Waals surface area (Å²) in [5, 5.41) is 34.5. The van der Waals surface area contributed by atoms with Crippen LogP contribution in [-0.2, 0) is 41.4 Å². The maximum atomic E-state index is 13.7. The highest BCUT2D eigenvalue weighted by Crippen LogP contribution is 2.84. The lowest BCUT2D eigenvalue weighted by Crippen LogP contribution is -2.83. The van der Waals surface area contributed by atoms with E-state index in [9.17, 15) is 29.7 Å². The smallest absolute Gasteiger partial charge is 0.311 e. The molecule has 1 heterocycles. The van der Waals surface area contributed by atoms with Crippen molar-refractivity contribution in [2.24, 2.45) is 29.1 Å². The van der Waals surface area contributed by atoms with Gasteiger partial charge in [0, 0.05) is 35.5 Å². The maximum absolute atomic E-state index is 13.7. The largest absolute Gasteiger partial charge is 0.504 e. The molecule has 0 aromatic heterocycles. The number of phenolic OH excluding ortho intramolecular Hbond substituents is 1. The van der Waals surface area contributed by atoms with Gasteiger partial charge in [-0.25, -0.2) is 0 Å². The molecule has 4 aliphatic carbocycles. The van der Waals surface area contributed by atoms with E-state index in [1.165, 1.54) is 13.2 Å². The Balaban J connectivity index is 1.23. The number of rotatable bonds is 8. The van der Waals surface area contributed by atoms with Gasteiger partial charge in [0.15, 0.2) is 22.9 Å². The number of aliphatic hydroxyl groups is 2. The summed E-state index contributed by atoms with van der Waals surface area (Å²) in [6, 6.07) is 13.8. The van der Waals surface area contributed by atoms with Crippen molar-refractivity contribution in [1.82, 2.24) is 0 Å². The van der Waals surface area contributed by atoms with Crippen molar-refractivity contribution in [3.05, 3.63) is 83.0 Å². The van der Waals surface area contributed by atoms with E-state index in [2.05, 4.69) is 0 Å². The number of hydrogen-bond donors (Lipinski definition) is 3. The van der Waals surface area contributed by atoms with Crippen LogP contribution >= 0.6 is 0 Å². The summed E-state index contributed by atoms with van der Waals surface area (Å²) in [6.45, 7) is 7.08. The molecule has 3 fully saturated rings. The topological polar surface area (TPSA) is 149 Å². The lowest BCUT2D eigenvalue weighted by Gasteiger charge is -2.70. The van der Waals surface area contributed by atoms with Gasteiger partial charge in [0.25, 0.3) is 0 Å². The van der Waals surface area contributed by atoms with Gasteiger partial charge in [0.1, 0.15) is 12.2 Å². The first-order valence-corrected chi connectivity index (χ1v) is 16.0. The summed E-state index contributed by atoms with van der Waals surface area (Å²) in [5.74, 6) is -5.55. The van der Waals surface area contributed by atoms with Crippen LogP contribution in [0, 0.1) is 29.1 Å². The van der Waals surface area contributed by atoms with Crippen LogP contribution in [0.3, 0.4) is 0 Å². The molecule has 3 N–H and O–H groups in total. The summed E-state index contributed by atoms with van der Waals surface area (Å²) in [5.41, 5.74) is -3.23. The number of ether oxygens (including phenoxy) is 4. The lowest BCUT2D eigenvalue weighted by molar-refractivity contribution is -0.461. The Kier molecular flexibility index (Phi) is 6.89. The standard InChI is InChI=1S/C37H40O10/c1-20-13-28-34(42,32(20)41)18-24(19-45-29(39)17-23-11-12-26(38)27(15-23)44-5)14-25-31-33(3,4)37(43)36(31,21(2)35(25,28)47-37)46-30(40)16-22-9-7-6-8-10-22/h6-15,21,25,28,31,38,42-43H,16-19H2,1-5H3/t21-,25-,28+,31+,34+,35+,36-,37+/m0/s1. The number of carbonyl (C=O) groups is 3. The fourth-order valence-electron chi connectivity index (χ4n) is 9.77. The first kappa shape index (κ1) is 31.6. The van der Waals surface area contributed by atoms with Crippen LogP contribution in [0.25, 0.3) is 0 Å². The quantitative estimate of drug-likeness (QED) is 0.288. The van der Waals surface area contributed by atoms with Gasteiger partial charge in [-0.2, -0.15) is 0 Å². The van der Waals surface area contributed by atoms with Gasteiger partial charge >= 0.3 is 11.9 Å². The Morgan fingerprint density at radius 1 is 1.00 bits per heavy atom. The van der Waals surface area contributed by atoms with E-state index in [1.807, 2.05) is 57.2 Å². The summed E-state index contributed by atoms with van der Waals surface area (Å²) in [6.07, 6.45) is 3.47. The van der Waals surface area contributed by atoms with Gasteiger partial charge in [-0.1, -0.05) is 69.3 Å².